The number of esters is 1. The van der Waals surface area contributed by atoms with Crippen LogP contribution in [-0.2, 0) is 9.53 Å². The van der Waals surface area contributed by atoms with E-state index < -0.39 is 12.1 Å². The first-order valence-electron chi connectivity index (χ1n) is 4.54. The van der Waals surface area contributed by atoms with E-state index >= 15 is 0 Å². The van der Waals surface area contributed by atoms with Crippen LogP contribution in [0.5, 0.6) is 0 Å². The third-order valence-corrected chi connectivity index (χ3v) is 2.16. The number of carbonyl (C=O) groups is 1. The van der Waals surface area contributed by atoms with Gasteiger partial charge in [0, 0.05) is 0 Å². The summed E-state index contributed by atoms with van der Waals surface area (Å²) in [7, 11) is 0. The van der Waals surface area contributed by atoms with Crippen molar-refractivity contribution in [2.75, 3.05) is 0 Å². The normalized spacial score (nSPS) is 21.8. The van der Waals surface area contributed by atoms with Gasteiger partial charge in [-0.3, -0.25) is 0 Å². The van der Waals surface area contributed by atoms with Crippen molar-refractivity contribution in [3.63, 3.8) is 0 Å². The molecule has 0 bridgehead atoms. The van der Waals surface area contributed by atoms with Crippen molar-refractivity contribution in [2.45, 2.75) is 51.3 Å². The third kappa shape index (κ3) is 2.80. The van der Waals surface area contributed by atoms with Crippen LogP contribution >= 0.6 is 0 Å². The summed E-state index contributed by atoms with van der Waals surface area (Å²) in [6.07, 6.45) is 3.70. The summed E-state index contributed by atoms with van der Waals surface area (Å²) in [4.78, 5) is 10.8. The molecule has 0 N–H and O–H groups in total. The molecule has 0 saturated heterocycles. The van der Waals surface area contributed by atoms with Gasteiger partial charge in [0.1, 0.15) is 6.10 Å². The molecule has 1 unspecified atom stereocenters. The molecule has 0 aromatic rings. The van der Waals surface area contributed by atoms with Gasteiger partial charge in [-0.25, -0.2) is 9.18 Å². The van der Waals surface area contributed by atoms with Crippen LogP contribution in [0.3, 0.4) is 0 Å². The fraction of sp³-hybridized carbons (Fsp3) is 0.889. The zero-order chi connectivity index (χ0) is 8.97. The van der Waals surface area contributed by atoms with Gasteiger partial charge in [-0.2, -0.15) is 0 Å². The van der Waals surface area contributed by atoms with E-state index in [1.54, 1.807) is 0 Å². The Morgan fingerprint density at radius 3 is 2.50 bits per heavy atom. The van der Waals surface area contributed by atoms with E-state index in [1.807, 2.05) is 0 Å². The second-order valence-corrected chi connectivity index (χ2v) is 3.31. The van der Waals surface area contributed by atoms with Gasteiger partial charge in [-0.1, -0.05) is 6.42 Å². The molecule has 0 aromatic heterocycles. The summed E-state index contributed by atoms with van der Waals surface area (Å²) in [5.41, 5.74) is 0. The smallest absolute Gasteiger partial charge is 0.340 e. The lowest BCUT2D eigenvalue weighted by Crippen LogP contribution is -2.25. The van der Waals surface area contributed by atoms with Crippen LogP contribution < -0.4 is 0 Å². The highest BCUT2D eigenvalue weighted by Crippen LogP contribution is 2.20. The molecular formula is C9H15FO2. The number of ether oxygens (including phenoxy) is 1. The van der Waals surface area contributed by atoms with Crippen molar-refractivity contribution in [1.82, 2.24) is 0 Å². The van der Waals surface area contributed by atoms with E-state index in [0.29, 0.717) is 0 Å². The Bertz CT molecular complexity index is 151. The Balaban J connectivity index is 2.24. The second kappa shape index (κ2) is 4.43. The molecule has 0 aromatic carbocycles. The highest BCUT2D eigenvalue weighted by Gasteiger charge is 2.20. The number of hydrogen-bond acceptors (Lipinski definition) is 2. The van der Waals surface area contributed by atoms with Crippen molar-refractivity contribution in [3.8, 4) is 0 Å². The highest BCUT2D eigenvalue weighted by atomic mass is 19.1. The SMILES string of the molecule is CC(F)C(=O)OC1CCCCC1. The number of rotatable bonds is 2. The minimum atomic E-state index is -1.48. The van der Waals surface area contributed by atoms with Gasteiger partial charge < -0.3 is 4.74 Å². The number of alkyl halides is 1. The molecule has 0 spiro atoms. The van der Waals surface area contributed by atoms with Crippen molar-refractivity contribution in [2.24, 2.45) is 0 Å². The fourth-order valence-corrected chi connectivity index (χ4v) is 1.44. The van der Waals surface area contributed by atoms with Crippen LogP contribution in [0.15, 0.2) is 0 Å². The molecule has 0 amide bonds. The molecule has 1 aliphatic rings. The fourth-order valence-electron chi connectivity index (χ4n) is 1.44. The minimum Gasteiger partial charge on any atom is -0.460 e. The molecule has 3 heteroatoms. The summed E-state index contributed by atoms with van der Waals surface area (Å²) in [6, 6.07) is 0. The predicted octanol–water partition coefficient (Wildman–Crippen LogP) is 2.22. The zero-order valence-corrected chi connectivity index (χ0v) is 7.38. The zero-order valence-electron chi connectivity index (χ0n) is 7.38. The summed E-state index contributed by atoms with van der Waals surface area (Å²) < 4.78 is 17.3. The van der Waals surface area contributed by atoms with Gasteiger partial charge in [-0.15, -0.1) is 0 Å². The highest BCUT2D eigenvalue weighted by molar-refractivity contribution is 5.74. The predicted molar refractivity (Wildman–Crippen MR) is 43.5 cm³/mol. The number of halogens is 1. The Morgan fingerprint density at radius 2 is 2.00 bits per heavy atom. The molecule has 70 valence electrons. The van der Waals surface area contributed by atoms with Crippen LogP contribution in [0.25, 0.3) is 0 Å². The lowest BCUT2D eigenvalue weighted by molar-refractivity contribution is -0.155. The summed E-state index contributed by atoms with van der Waals surface area (Å²) in [5, 5.41) is 0. The van der Waals surface area contributed by atoms with Crippen molar-refractivity contribution < 1.29 is 13.9 Å². The lowest BCUT2D eigenvalue weighted by Gasteiger charge is -2.21. The molecule has 0 heterocycles. The van der Waals surface area contributed by atoms with Gasteiger partial charge >= 0.3 is 5.97 Å². The Kier molecular flexibility index (Phi) is 3.50. The quantitative estimate of drug-likeness (QED) is 0.600. The van der Waals surface area contributed by atoms with Gasteiger partial charge in [0.2, 0.25) is 0 Å². The maximum absolute atomic E-state index is 12.4. The first-order chi connectivity index (χ1) is 5.70. The minimum absolute atomic E-state index is 0.0237. The van der Waals surface area contributed by atoms with Crippen LogP contribution in [0.1, 0.15) is 39.0 Å². The van der Waals surface area contributed by atoms with Gasteiger partial charge in [-0.05, 0) is 32.6 Å². The average Bonchev–Trinajstić information content (AvgIpc) is 2.06. The Hall–Kier alpha value is -0.600. The molecule has 1 fully saturated rings. The summed E-state index contributed by atoms with van der Waals surface area (Å²) in [6.45, 7) is 1.21. The molecule has 1 aliphatic carbocycles. The molecule has 0 aliphatic heterocycles. The van der Waals surface area contributed by atoms with Gasteiger partial charge in [0.15, 0.2) is 6.17 Å². The van der Waals surface area contributed by atoms with Crippen LogP contribution in [0, 0.1) is 0 Å². The van der Waals surface area contributed by atoms with E-state index in [9.17, 15) is 9.18 Å². The summed E-state index contributed by atoms with van der Waals surface area (Å²) >= 11 is 0. The maximum atomic E-state index is 12.4. The molecule has 2 nitrogen and oxygen atoms in total. The monoisotopic (exact) mass is 174 g/mol. The van der Waals surface area contributed by atoms with Crippen LogP contribution in [0.4, 0.5) is 4.39 Å². The second-order valence-electron chi connectivity index (χ2n) is 3.31. The van der Waals surface area contributed by atoms with E-state index in [0.717, 1.165) is 25.7 Å². The topological polar surface area (TPSA) is 26.3 Å². The van der Waals surface area contributed by atoms with E-state index in [-0.39, 0.29) is 6.10 Å². The largest absolute Gasteiger partial charge is 0.460 e. The van der Waals surface area contributed by atoms with Crippen molar-refractivity contribution in [3.05, 3.63) is 0 Å². The lowest BCUT2D eigenvalue weighted by atomic mass is 9.98. The van der Waals surface area contributed by atoms with Crippen molar-refractivity contribution >= 4 is 5.97 Å². The number of carbonyl (C=O) groups excluding carboxylic acids is 1. The van der Waals surface area contributed by atoms with E-state index in [1.165, 1.54) is 13.3 Å². The molecule has 1 saturated carbocycles. The van der Waals surface area contributed by atoms with E-state index in [4.69, 9.17) is 4.74 Å². The standard InChI is InChI=1S/C9H15FO2/c1-7(10)9(11)12-8-5-3-2-4-6-8/h7-8H,2-6H2,1H3. The molecule has 1 atom stereocenters. The molecule has 12 heavy (non-hydrogen) atoms. The molecule has 1 rings (SSSR count). The Morgan fingerprint density at radius 1 is 1.42 bits per heavy atom. The van der Waals surface area contributed by atoms with Crippen molar-refractivity contribution in [1.29, 1.82) is 0 Å². The third-order valence-electron chi connectivity index (χ3n) is 2.16. The first kappa shape index (κ1) is 9.49. The van der Waals surface area contributed by atoms with Crippen LogP contribution in [0.2, 0.25) is 0 Å². The van der Waals surface area contributed by atoms with E-state index in [2.05, 4.69) is 0 Å². The summed E-state index contributed by atoms with van der Waals surface area (Å²) in [5.74, 6) is -0.707. The number of hydrogen-bond donors (Lipinski definition) is 0. The Labute approximate surface area is 72.1 Å². The molecule has 0 radical (unpaired) electrons. The van der Waals surface area contributed by atoms with Crippen LogP contribution in [-0.4, -0.2) is 18.2 Å². The molecular weight excluding hydrogens is 159 g/mol. The first-order valence-corrected chi connectivity index (χ1v) is 4.54. The van der Waals surface area contributed by atoms with Gasteiger partial charge in [0.05, 0.1) is 0 Å². The van der Waals surface area contributed by atoms with Gasteiger partial charge in [0.25, 0.3) is 0 Å². The average molecular weight is 174 g/mol. The maximum Gasteiger partial charge on any atom is 0.340 e.